The van der Waals surface area contributed by atoms with E-state index in [0.29, 0.717) is 31.0 Å². The number of benzene rings is 3. The molecule has 0 heterocycles. The summed E-state index contributed by atoms with van der Waals surface area (Å²) < 4.78 is 107. The van der Waals surface area contributed by atoms with E-state index in [1.807, 2.05) is 35.2 Å². The average molecular weight is 536 g/mol. The van der Waals surface area contributed by atoms with E-state index in [0.717, 1.165) is 16.5 Å². The Labute approximate surface area is 206 Å². The second-order valence-electron chi connectivity index (χ2n) is 8.02. The van der Waals surface area contributed by atoms with Crippen molar-refractivity contribution in [2.45, 2.75) is 35.9 Å². The van der Waals surface area contributed by atoms with Gasteiger partial charge in [0, 0.05) is 35.8 Å². The van der Waals surface area contributed by atoms with Gasteiger partial charge in [0.1, 0.15) is 11.6 Å². The van der Waals surface area contributed by atoms with E-state index in [2.05, 4.69) is 0 Å². The van der Waals surface area contributed by atoms with Gasteiger partial charge < -0.3 is 5.11 Å². The smallest absolute Gasteiger partial charge is 0.369 e. The van der Waals surface area contributed by atoms with E-state index in [9.17, 15) is 40.2 Å². The van der Waals surface area contributed by atoms with Crippen LogP contribution in [0.4, 0.5) is 35.1 Å². The minimum atomic E-state index is -6.18. The van der Waals surface area contributed by atoms with Gasteiger partial charge in [-0.05, 0) is 41.5 Å². The minimum absolute atomic E-state index is 0.0204. The van der Waals surface area contributed by atoms with Gasteiger partial charge in [0.2, 0.25) is 0 Å². The molecule has 0 saturated heterocycles. The number of nitrogens with zero attached hydrogens (tertiary/aromatic N) is 1. The van der Waals surface area contributed by atoms with Crippen LogP contribution in [0.3, 0.4) is 0 Å². The fourth-order valence-electron chi connectivity index (χ4n) is 3.55. The largest absolute Gasteiger partial charge is 0.430 e. The second-order valence-corrected chi connectivity index (χ2v) is 9.19. The van der Waals surface area contributed by atoms with Gasteiger partial charge in [-0.2, -0.15) is 26.3 Å². The Kier molecular flexibility index (Phi) is 8.68. The van der Waals surface area contributed by atoms with Crippen molar-refractivity contribution >= 4 is 11.8 Å². The first-order valence-electron chi connectivity index (χ1n) is 10.6. The molecule has 194 valence electrons. The van der Waals surface area contributed by atoms with E-state index in [1.165, 1.54) is 23.9 Å². The Morgan fingerprint density at radius 1 is 0.722 bits per heavy atom. The van der Waals surface area contributed by atoms with Crippen molar-refractivity contribution in [3.63, 3.8) is 0 Å². The maximum atomic E-state index is 14.6. The lowest BCUT2D eigenvalue weighted by molar-refractivity contribution is -0.377. The summed E-state index contributed by atoms with van der Waals surface area (Å²) in [6.45, 7) is 0.825. The summed E-state index contributed by atoms with van der Waals surface area (Å²) in [7, 11) is 0. The van der Waals surface area contributed by atoms with E-state index >= 15 is 0 Å². The van der Waals surface area contributed by atoms with Crippen LogP contribution in [-0.4, -0.2) is 34.7 Å². The van der Waals surface area contributed by atoms with Crippen LogP contribution in [0.15, 0.2) is 77.7 Å². The maximum Gasteiger partial charge on any atom is 0.430 e. The number of rotatable bonds is 9. The SMILES string of the molecule is OC(c1ccc(CN(CCSc2ccc(F)cc2)Cc2ccccc2)cc1F)(C(F)(F)F)C(F)(F)F. The van der Waals surface area contributed by atoms with E-state index in [-0.39, 0.29) is 17.9 Å². The Morgan fingerprint density at radius 3 is 1.86 bits per heavy atom. The molecule has 3 aromatic carbocycles. The molecule has 0 aliphatic heterocycles. The molecule has 0 atom stereocenters. The molecule has 36 heavy (non-hydrogen) atoms. The predicted molar refractivity (Wildman–Crippen MR) is 120 cm³/mol. The third-order valence-electron chi connectivity index (χ3n) is 5.39. The molecule has 0 bridgehead atoms. The lowest BCUT2D eigenvalue weighted by atomic mass is 9.91. The first-order valence-corrected chi connectivity index (χ1v) is 11.6. The highest BCUT2D eigenvalue weighted by atomic mass is 32.2. The molecule has 0 unspecified atom stereocenters. The molecule has 0 fully saturated rings. The van der Waals surface area contributed by atoms with Crippen molar-refractivity contribution < 1.29 is 40.2 Å². The van der Waals surface area contributed by atoms with Gasteiger partial charge in [-0.25, -0.2) is 8.78 Å². The zero-order chi connectivity index (χ0) is 26.6. The van der Waals surface area contributed by atoms with Crippen molar-refractivity contribution in [1.82, 2.24) is 4.90 Å². The van der Waals surface area contributed by atoms with Gasteiger partial charge in [0.25, 0.3) is 5.60 Å². The Bertz CT molecular complexity index is 1120. The van der Waals surface area contributed by atoms with Crippen LogP contribution < -0.4 is 0 Å². The summed E-state index contributed by atoms with van der Waals surface area (Å²) in [5.41, 5.74) is -6.22. The highest BCUT2D eigenvalue weighted by Crippen LogP contribution is 2.50. The molecule has 11 heteroatoms. The third-order valence-corrected chi connectivity index (χ3v) is 6.38. The van der Waals surface area contributed by atoms with Gasteiger partial charge in [0.15, 0.2) is 0 Å². The maximum absolute atomic E-state index is 14.6. The second kappa shape index (κ2) is 11.2. The Hall–Kier alpha value is -2.63. The lowest BCUT2D eigenvalue weighted by Crippen LogP contribution is -2.54. The fraction of sp³-hybridized carbons (Fsp3) is 0.280. The highest BCUT2D eigenvalue weighted by Gasteiger charge is 2.72. The quantitative estimate of drug-likeness (QED) is 0.234. The molecular weight excluding hydrogens is 514 g/mol. The van der Waals surface area contributed by atoms with Crippen LogP contribution >= 0.6 is 11.8 Å². The molecule has 3 aromatic rings. The molecule has 0 aliphatic carbocycles. The first kappa shape index (κ1) is 27.9. The summed E-state index contributed by atoms with van der Waals surface area (Å²) in [5.74, 6) is -1.66. The van der Waals surface area contributed by atoms with Crippen molar-refractivity contribution in [3.8, 4) is 0 Å². The van der Waals surface area contributed by atoms with Gasteiger partial charge in [-0.15, -0.1) is 11.8 Å². The monoisotopic (exact) mass is 535 g/mol. The van der Waals surface area contributed by atoms with E-state index in [1.54, 1.807) is 12.1 Å². The molecule has 2 nitrogen and oxygen atoms in total. The molecule has 0 radical (unpaired) electrons. The number of halogens is 8. The molecule has 1 N–H and O–H groups in total. The van der Waals surface area contributed by atoms with Gasteiger partial charge in [0.05, 0.1) is 0 Å². The van der Waals surface area contributed by atoms with Crippen molar-refractivity contribution in [2.24, 2.45) is 0 Å². The highest BCUT2D eigenvalue weighted by molar-refractivity contribution is 7.99. The molecule has 0 aromatic heterocycles. The van der Waals surface area contributed by atoms with E-state index in [4.69, 9.17) is 0 Å². The molecule has 0 saturated carbocycles. The number of thioether (sulfide) groups is 1. The summed E-state index contributed by atoms with van der Waals surface area (Å²) >= 11 is 1.43. The number of alkyl halides is 6. The molecule has 3 rings (SSSR count). The van der Waals surface area contributed by atoms with Crippen LogP contribution in [0.2, 0.25) is 0 Å². The Morgan fingerprint density at radius 2 is 1.31 bits per heavy atom. The molecule has 0 aliphatic rings. The van der Waals surface area contributed by atoms with Crippen LogP contribution in [0.5, 0.6) is 0 Å². The van der Waals surface area contributed by atoms with Gasteiger partial charge in [-0.3, -0.25) is 4.90 Å². The van der Waals surface area contributed by atoms with Crippen molar-refractivity contribution in [1.29, 1.82) is 0 Å². The normalized spacial score (nSPS) is 12.8. The van der Waals surface area contributed by atoms with Crippen LogP contribution in [0.25, 0.3) is 0 Å². The van der Waals surface area contributed by atoms with Crippen LogP contribution in [-0.2, 0) is 18.7 Å². The standard InChI is InChI=1S/C25H21F8NOS/c26-19-7-9-20(10-8-19)36-13-12-34(15-17-4-2-1-3-5-17)16-18-6-11-21(22(27)14-18)23(35,24(28,29)30)25(31,32)33/h1-11,14,35H,12-13,15-16H2. The number of hydrogen-bond acceptors (Lipinski definition) is 3. The summed E-state index contributed by atoms with van der Waals surface area (Å²) in [6, 6.07) is 16.8. The van der Waals surface area contributed by atoms with Crippen molar-refractivity contribution in [3.05, 3.63) is 101 Å². The van der Waals surface area contributed by atoms with Crippen LogP contribution in [0, 0.1) is 11.6 Å². The van der Waals surface area contributed by atoms with E-state index < -0.39 is 29.3 Å². The number of hydrogen-bond donors (Lipinski definition) is 1. The molecular formula is C25H21F8NOS. The summed E-state index contributed by atoms with van der Waals surface area (Å²) in [6.07, 6.45) is -12.4. The number of aliphatic hydroxyl groups is 1. The van der Waals surface area contributed by atoms with Gasteiger partial charge in [-0.1, -0.05) is 42.5 Å². The third kappa shape index (κ3) is 6.57. The zero-order valence-corrected chi connectivity index (χ0v) is 19.4. The average Bonchev–Trinajstić information content (AvgIpc) is 2.79. The van der Waals surface area contributed by atoms with Gasteiger partial charge >= 0.3 is 12.4 Å². The topological polar surface area (TPSA) is 23.5 Å². The summed E-state index contributed by atoms with van der Waals surface area (Å²) in [4.78, 5) is 2.66. The molecule has 0 spiro atoms. The minimum Gasteiger partial charge on any atom is -0.369 e. The first-order chi connectivity index (χ1) is 16.8. The Balaban J connectivity index is 1.81. The fourth-order valence-corrected chi connectivity index (χ4v) is 4.47. The predicted octanol–water partition coefficient (Wildman–Crippen LogP) is 7.07. The summed E-state index contributed by atoms with van der Waals surface area (Å²) in [5, 5.41) is 9.52. The van der Waals surface area contributed by atoms with Crippen molar-refractivity contribution in [2.75, 3.05) is 12.3 Å². The lowest BCUT2D eigenvalue weighted by Gasteiger charge is -2.33. The zero-order valence-electron chi connectivity index (χ0n) is 18.6. The van der Waals surface area contributed by atoms with Crippen LogP contribution in [0.1, 0.15) is 16.7 Å². The molecule has 0 amide bonds.